The maximum atomic E-state index is 12.9. The summed E-state index contributed by atoms with van der Waals surface area (Å²) in [5.41, 5.74) is 0. The molecule has 0 saturated heterocycles. The van der Waals surface area contributed by atoms with Crippen LogP contribution >= 0.6 is 0 Å². The fourth-order valence-electron chi connectivity index (χ4n) is 8.15. The Kier molecular flexibility index (Phi) is 57.9. The fourth-order valence-corrected chi connectivity index (χ4v) is 8.15. The van der Waals surface area contributed by atoms with E-state index in [1.54, 1.807) is 0 Å². The van der Waals surface area contributed by atoms with Gasteiger partial charge in [0.15, 0.2) is 6.10 Å². The van der Waals surface area contributed by atoms with Gasteiger partial charge in [-0.05, 0) is 122 Å². The summed E-state index contributed by atoms with van der Waals surface area (Å²) >= 11 is 0. The Morgan fingerprint density at radius 2 is 0.527 bits per heavy atom. The van der Waals surface area contributed by atoms with Crippen LogP contribution in [0.15, 0.2) is 122 Å². The molecular weight excluding hydrogens is 913 g/mol. The highest BCUT2D eigenvalue weighted by Crippen LogP contribution is 2.15. The lowest BCUT2D eigenvalue weighted by molar-refractivity contribution is -0.167. The molecule has 420 valence electrons. The highest BCUT2D eigenvalue weighted by Gasteiger charge is 2.19. The van der Waals surface area contributed by atoms with E-state index in [4.69, 9.17) is 14.2 Å². The summed E-state index contributed by atoms with van der Waals surface area (Å²) in [5.74, 6) is -0.926. The zero-order valence-electron chi connectivity index (χ0n) is 48.1. The van der Waals surface area contributed by atoms with Gasteiger partial charge in [-0.1, -0.05) is 251 Å². The van der Waals surface area contributed by atoms with Gasteiger partial charge in [-0.25, -0.2) is 0 Å². The molecule has 0 rings (SSSR count). The van der Waals surface area contributed by atoms with Gasteiger partial charge in [0.05, 0.1) is 0 Å². The van der Waals surface area contributed by atoms with Crippen molar-refractivity contribution >= 4 is 17.9 Å². The molecule has 1 unspecified atom stereocenters. The third kappa shape index (κ3) is 58.7. The maximum Gasteiger partial charge on any atom is 0.306 e. The summed E-state index contributed by atoms with van der Waals surface area (Å²) in [4.78, 5) is 38.2. The Hall–Kier alpha value is -4.19. The van der Waals surface area contributed by atoms with E-state index in [1.807, 2.05) is 0 Å². The molecule has 1 atom stereocenters. The Bertz CT molecular complexity index is 1550. The van der Waals surface area contributed by atoms with E-state index in [1.165, 1.54) is 77.0 Å². The van der Waals surface area contributed by atoms with E-state index in [9.17, 15) is 14.4 Å². The molecule has 0 saturated carbocycles. The predicted octanol–water partition coefficient (Wildman–Crippen LogP) is 20.8. The fraction of sp³-hybridized carbons (Fsp3) is 0.662. The lowest BCUT2D eigenvalue weighted by Gasteiger charge is -2.18. The van der Waals surface area contributed by atoms with Crippen LogP contribution in [0.1, 0.15) is 271 Å². The molecular formula is C68H112O6. The second kappa shape index (κ2) is 61.4. The van der Waals surface area contributed by atoms with Gasteiger partial charge in [0.2, 0.25) is 0 Å². The van der Waals surface area contributed by atoms with E-state index in [-0.39, 0.29) is 31.1 Å². The molecule has 0 spiro atoms. The van der Waals surface area contributed by atoms with Gasteiger partial charge in [0.25, 0.3) is 0 Å². The van der Waals surface area contributed by atoms with Crippen molar-refractivity contribution in [3.8, 4) is 0 Å². The van der Waals surface area contributed by atoms with Gasteiger partial charge in [-0.3, -0.25) is 14.4 Å². The van der Waals surface area contributed by atoms with Crippen molar-refractivity contribution in [1.82, 2.24) is 0 Å². The SMILES string of the molecule is CC/C=C\C/C=C\C/C=C\C/C=C\C/C=C\CCCCCCCCCCCCCC(=O)OCC(COC(=O)CCCCCCC/C=C\C/C=C\CCCC)OC(=O)CCCCCCC/C=C\C/C=C\C/C=C\CC. The monoisotopic (exact) mass is 1020 g/mol. The first kappa shape index (κ1) is 69.8. The van der Waals surface area contributed by atoms with Crippen LogP contribution in [0.3, 0.4) is 0 Å². The van der Waals surface area contributed by atoms with Crippen LogP contribution in [0.5, 0.6) is 0 Å². The first-order chi connectivity index (χ1) is 36.5. The number of unbranched alkanes of at least 4 members (excludes halogenated alkanes) is 23. The maximum absolute atomic E-state index is 12.9. The van der Waals surface area contributed by atoms with E-state index < -0.39 is 6.10 Å². The number of esters is 3. The summed E-state index contributed by atoms with van der Waals surface area (Å²) in [6.45, 7) is 6.35. The second-order valence-corrected chi connectivity index (χ2v) is 19.8. The number of carbonyl (C=O) groups is 3. The quantitative estimate of drug-likeness (QED) is 0.0261. The van der Waals surface area contributed by atoms with Crippen LogP contribution in [0.4, 0.5) is 0 Å². The third-order valence-electron chi connectivity index (χ3n) is 12.7. The highest BCUT2D eigenvalue weighted by molar-refractivity contribution is 5.71. The third-order valence-corrected chi connectivity index (χ3v) is 12.7. The second-order valence-electron chi connectivity index (χ2n) is 19.8. The molecule has 6 nitrogen and oxygen atoms in total. The van der Waals surface area contributed by atoms with Gasteiger partial charge in [-0.2, -0.15) is 0 Å². The molecule has 0 aliphatic carbocycles. The van der Waals surface area contributed by atoms with Crippen molar-refractivity contribution in [2.45, 2.75) is 277 Å². The first-order valence-corrected chi connectivity index (χ1v) is 30.5. The predicted molar refractivity (Wildman–Crippen MR) is 320 cm³/mol. The van der Waals surface area contributed by atoms with Crippen LogP contribution in [0.2, 0.25) is 0 Å². The van der Waals surface area contributed by atoms with E-state index in [0.29, 0.717) is 19.3 Å². The van der Waals surface area contributed by atoms with Crippen molar-refractivity contribution in [2.24, 2.45) is 0 Å². The summed E-state index contributed by atoms with van der Waals surface area (Å²) in [6.07, 6.45) is 84.8. The molecule has 0 heterocycles. The number of ether oxygens (including phenoxy) is 3. The van der Waals surface area contributed by atoms with E-state index in [2.05, 4.69) is 142 Å². The van der Waals surface area contributed by atoms with Gasteiger partial charge in [0, 0.05) is 19.3 Å². The van der Waals surface area contributed by atoms with Crippen LogP contribution in [0, 0.1) is 0 Å². The van der Waals surface area contributed by atoms with Gasteiger partial charge >= 0.3 is 17.9 Å². The molecule has 0 aromatic rings. The normalized spacial score (nSPS) is 13.0. The smallest absolute Gasteiger partial charge is 0.306 e. The Morgan fingerprint density at radius 3 is 0.824 bits per heavy atom. The minimum absolute atomic E-state index is 0.0932. The lowest BCUT2D eigenvalue weighted by atomic mass is 10.0. The van der Waals surface area contributed by atoms with Crippen LogP contribution in [-0.4, -0.2) is 37.2 Å². The summed E-state index contributed by atoms with van der Waals surface area (Å²) in [7, 11) is 0. The molecule has 0 aliphatic heterocycles. The van der Waals surface area contributed by atoms with Gasteiger partial charge in [0.1, 0.15) is 13.2 Å². The molecule has 0 aromatic carbocycles. The minimum atomic E-state index is -0.798. The molecule has 6 heteroatoms. The van der Waals surface area contributed by atoms with Crippen LogP contribution in [-0.2, 0) is 28.6 Å². The van der Waals surface area contributed by atoms with Gasteiger partial charge < -0.3 is 14.2 Å². The highest BCUT2D eigenvalue weighted by atomic mass is 16.6. The molecule has 0 aromatic heterocycles. The molecule has 0 amide bonds. The number of hydrogen-bond donors (Lipinski definition) is 0. The molecule has 0 N–H and O–H groups in total. The zero-order chi connectivity index (χ0) is 53.6. The first-order valence-electron chi connectivity index (χ1n) is 30.5. The van der Waals surface area contributed by atoms with Crippen molar-refractivity contribution in [3.63, 3.8) is 0 Å². The van der Waals surface area contributed by atoms with Gasteiger partial charge in [-0.15, -0.1) is 0 Å². The summed E-state index contributed by atoms with van der Waals surface area (Å²) in [6, 6.07) is 0. The van der Waals surface area contributed by atoms with Crippen molar-refractivity contribution in [3.05, 3.63) is 122 Å². The van der Waals surface area contributed by atoms with E-state index >= 15 is 0 Å². The summed E-state index contributed by atoms with van der Waals surface area (Å²) in [5, 5.41) is 0. The average Bonchev–Trinajstić information content (AvgIpc) is 3.40. The number of hydrogen-bond acceptors (Lipinski definition) is 6. The Morgan fingerprint density at radius 1 is 0.284 bits per heavy atom. The molecule has 0 fully saturated rings. The van der Waals surface area contributed by atoms with Crippen LogP contribution < -0.4 is 0 Å². The van der Waals surface area contributed by atoms with Crippen molar-refractivity contribution in [1.29, 1.82) is 0 Å². The largest absolute Gasteiger partial charge is 0.462 e. The van der Waals surface area contributed by atoms with Crippen molar-refractivity contribution in [2.75, 3.05) is 13.2 Å². The molecule has 74 heavy (non-hydrogen) atoms. The molecule has 0 bridgehead atoms. The lowest BCUT2D eigenvalue weighted by Crippen LogP contribution is -2.30. The van der Waals surface area contributed by atoms with Crippen molar-refractivity contribution < 1.29 is 28.6 Å². The minimum Gasteiger partial charge on any atom is -0.462 e. The Labute approximate surface area is 456 Å². The molecule has 0 radical (unpaired) electrons. The Balaban J connectivity index is 4.33. The standard InChI is InChI=1S/C68H112O6/c1-4-7-10-13-16-19-22-25-28-29-30-31-32-33-34-35-36-37-38-39-41-43-46-49-52-55-58-61-67(70)73-64-65(63-72-66(69)60-57-54-51-48-45-42-27-24-21-18-15-12-9-6-3)74-68(71)62-59-56-53-50-47-44-40-26-23-20-17-14-11-8-5-2/h7-8,10-11,15-20,24-28,30-31,33-34,40,65H,4-6,9,12-14,21-23,29,32,35-39,41-64H2,1-3H3/b10-7-,11-8-,18-15-,19-16-,20-17-,27-24-,28-25-,31-30-,34-33-,40-26-. The number of allylic oxidation sites excluding steroid dienone is 20. The zero-order valence-corrected chi connectivity index (χ0v) is 48.1. The number of carbonyl (C=O) groups excluding carboxylic acids is 3. The average molecular weight is 1030 g/mol. The van der Waals surface area contributed by atoms with Crippen LogP contribution in [0.25, 0.3) is 0 Å². The number of rotatable bonds is 54. The summed E-state index contributed by atoms with van der Waals surface area (Å²) < 4.78 is 16.9. The molecule has 0 aliphatic rings. The topological polar surface area (TPSA) is 78.9 Å². The van der Waals surface area contributed by atoms with E-state index in [0.717, 1.165) is 154 Å².